The van der Waals surface area contributed by atoms with Gasteiger partial charge in [0.2, 0.25) is 0 Å². The van der Waals surface area contributed by atoms with Crippen LogP contribution in [-0.2, 0) is 0 Å². The second-order valence-corrected chi connectivity index (χ2v) is 6.24. The first-order chi connectivity index (χ1) is 11.7. The van der Waals surface area contributed by atoms with Gasteiger partial charge in [0.05, 0.1) is 5.71 Å². The van der Waals surface area contributed by atoms with Crippen LogP contribution in [0.5, 0.6) is 0 Å². The lowest BCUT2D eigenvalue weighted by molar-refractivity contribution is 1.01. The number of rotatable bonds is 3. The van der Waals surface area contributed by atoms with Gasteiger partial charge in [0.1, 0.15) is 5.52 Å². The summed E-state index contributed by atoms with van der Waals surface area (Å²) in [7, 11) is 0. The molecule has 4 aromatic rings. The van der Waals surface area contributed by atoms with E-state index < -0.39 is 0 Å². The van der Waals surface area contributed by atoms with Crippen LogP contribution in [-0.4, -0.2) is 25.9 Å². The van der Waals surface area contributed by atoms with Crippen molar-refractivity contribution in [1.82, 2.24) is 20.2 Å². The standard InChI is InChI=1S/C17H13BrN6/c1-10(11-5-4-6-12(18)9-11)21-23-17-20-16-15(22-24-17)13-7-2-3-8-14(13)19-16/h2-9H,1H3,(H2,19,20,23,24)/b21-10+. The number of nitrogens with one attached hydrogen (secondary N) is 2. The number of H-pyrrole nitrogens is 1. The van der Waals surface area contributed by atoms with E-state index >= 15 is 0 Å². The van der Waals surface area contributed by atoms with Crippen molar-refractivity contribution >= 4 is 49.7 Å². The van der Waals surface area contributed by atoms with Crippen LogP contribution in [0.2, 0.25) is 0 Å². The first-order valence-corrected chi connectivity index (χ1v) is 8.17. The Labute approximate surface area is 146 Å². The maximum absolute atomic E-state index is 4.44. The normalized spacial score (nSPS) is 12.0. The summed E-state index contributed by atoms with van der Waals surface area (Å²) in [4.78, 5) is 7.68. The maximum Gasteiger partial charge on any atom is 0.265 e. The van der Waals surface area contributed by atoms with Crippen molar-refractivity contribution in [3.63, 3.8) is 0 Å². The Hall–Kier alpha value is -2.80. The van der Waals surface area contributed by atoms with Crippen LogP contribution in [0.1, 0.15) is 12.5 Å². The third-order valence-electron chi connectivity index (χ3n) is 3.69. The van der Waals surface area contributed by atoms with Crippen molar-refractivity contribution < 1.29 is 0 Å². The van der Waals surface area contributed by atoms with Gasteiger partial charge in [0.15, 0.2) is 5.65 Å². The Bertz CT molecular complexity index is 1070. The predicted molar refractivity (Wildman–Crippen MR) is 99.2 cm³/mol. The predicted octanol–water partition coefficient (Wildman–Crippen LogP) is 4.10. The molecule has 0 spiro atoms. The van der Waals surface area contributed by atoms with Crippen LogP contribution in [0.3, 0.4) is 0 Å². The molecule has 2 aromatic carbocycles. The SMILES string of the molecule is C/C(=N\Nc1nnc2c(n1)[nH]c1ccccc12)c1cccc(Br)c1. The Morgan fingerprint density at radius 3 is 2.88 bits per heavy atom. The maximum atomic E-state index is 4.44. The van der Waals surface area contributed by atoms with Gasteiger partial charge in [-0.2, -0.15) is 10.1 Å². The van der Waals surface area contributed by atoms with E-state index in [-0.39, 0.29) is 0 Å². The number of nitrogens with zero attached hydrogens (tertiary/aromatic N) is 4. The number of anilines is 1. The number of fused-ring (bicyclic) bond motifs is 3. The molecule has 0 aliphatic rings. The number of halogens is 1. The molecule has 0 radical (unpaired) electrons. The van der Waals surface area contributed by atoms with Crippen LogP contribution < -0.4 is 5.43 Å². The van der Waals surface area contributed by atoms with E-state index in [4.69, 9.17) is 0 Å². The first-order valence-electron chi connectivity index (χ1n) is 7.38. The molecule has 2 aromatic heterocycles. The average Bonchev–Trinajstić information content (AvgIpc) is 2.97. The molecule has 0 aliphatic heterocycles. The molecule has 6 nitrogen and oxygen atoms in total. The van der Waals surface area contributed by atoms with E-state index in [1.165, 1.54) is 0 Å². The van der Waals surface area contributed by atoms with Crippen LogP contribution in [0.4, 0.5) is 5.95 Å². The molecule has 0 aliphatic carbocycles. The highest BCUT2D eigenvalue weighted by Crippen LogP contribution is 2.21. The summed E-state index contributed by atoms with van der Waals surface area (Å²) in [5, 5.41) is 13.7. The van der Waals surface area contributed by atoms with Gasteiger partial charge >= 0.3 is 0 Å². The van der Waals surface area contributed by atoms with E-state index in [2.05, 4.69) is 46.6 Å². The highest BCUT2D eigenvalue weighted by molar-refractivity contribution is 9.10. The number of hydrogen-bond donors (Lipinski definition) is 2. The first kappa shape index (κ1) is 14.8. The fourth-order valence-corrected chi connectivity index (χ4v) is 2.88. The number of aromatic nitrogens is 4. The second kappa shape index (κ2) is 6.01. The highest BCUT2D eigenvalue weighted by atomic mass is 79.9. The minimum Gasteiger partial charge on any atom is -0.338 e. The third-order valence-corrected chi connectivity index (χ3v) is 4.18. The van der Waals surface area contributed by atoms with Crippen molar-refractivity contribution in [3.05, 3.63) is 58.6 Å². The van der Waals surface area contributed by atoms with E-state index in [9.17, 15) is 0 Å². The Balaban J connectivity index is 1.65. The molecule has 0 bridgehead atoms. The quantitative estimate of drug-likeness (QED) is 0.414. The molecule has 0 saturated carbocycles. The Kier molecular flexibility index (Phi) is 3.70. The van der Waals surface area contributed by atoms with Gasteiger partial charge < -0.3 is 4.98 Å². The van der Waals surface area contributed by atoms with Crippen molar-refractivity contribution in [2.45, 2.75) is 6.92 Å². The fourth-order valence-electron chi connectivity index (χ4n) is 2.48. The van der Waals surface area contributed by atoms with Gasteiger partial charge in [-0.3, -0.25) is 0 Å². The summed E-state index contributed by atoms with van der Waals surface area (Å²) in [5.74, 6) is 0.350. The molecule has 118 valence electrons. The Morgan fingerprint density at radius 2 is 2.00 bits per heavy atom. The minimum atomic E-state index is 0.350. The summed E-state index contributed by atoms with van der Waals surface area (Å²) >= 11 is 3.46. The largest absolute Gasteiger partial charge is 0.338 e. The molecular weight excluding hydrogens is 368 g/mol. The van der Waals surface area contributed by atoms with Crippen LogP contribution >= 0.6 is 15.9 Å². The zero-order chi connectivity index (χ0) is 16.5. The second-order valence-electron chi connectivity index (χ2n) is 5.32. The smallest absolute Gasteiger partial charge is 0.265 e. The minimum absolute atomic E-state index is 0.350. The van der Waals surface area contributed by atoms with Gasteiger partial charge in [-0.15, -0.1) is 10.2 Å². The van der Waals surface area contributed by atoms with E-state index in [1.807, 2.05) is 55.5 Å². The number of para-hydroxylation sites is 1. The summed E-state index contributed by atoms with van der Waals surface area (Å²) in [5.41, 5.74) is 7.13. The average molecular weight is 381 g/mol. The lowest BCUT2D eigenvalue weighted by Gasteiger charge is -2.02. The summed E-state index contributed by atoms with van der Waals surface area (Å²) < 4.78 is 1.01. The van der Waals surface area contributed by atoms with Crippen molar-refractivity contribution in [2.24, 2.45) is 5.10 Å². The number of hydrogen-bond acceptors (Lipinski definition) is 5. The zero-order valence-electron chi connectivity index (χ0n) is 12.8. The van der Waals surface area contributed by atoms with Crippen LogP contribution in [0, 0.1) is 0 Å². The zero-order valence-corrected chi connectivity index (χ0v) is 14.4. The summed E-state index contributed by atoms with van der Waals surface area (Å²) in [6.07, 6.45) is 0. The number of aromatic amines is 1. The summed E-state index contributed by atoms with van der Waals surface area (Å²) in [6.45, 7) is 1.92. The lowest BCUT2D eigenvalue weighted by Crippen LogP contribution is -2.03. The van der Waals surface area contributed by atoms with Gasteiger partial charge in [0, 0.05) is 15.4 Å². The fraction of sp³-hybridized carbons (Fsp3) is 0.0588. The molecule has 0 atom stereocenters. The van der Waals surface area contributed by atoms with Gasteiger partial charge in [0.25, 0.3) is 5.95 Å². The molecule has 0 unspecified atom stereocenters. The van der Waals surface area contributed by atoms with Crippen molar-refractivity contribution in [1.29, 1.82) is 0 Å². The molecule has 0 saturated heterocycles. The highest BCUT2D eigenvalue weighted by Gasteiger charge is 2.08. The Morgan fingerprint density at radius 1 is 1.12 bits per heavy atom. The molecule has 4 rings (SSSR count). The van der Waals surface area contributed by atoms with Crippen molar-refractivity contribution in [3.8, 4) is 0 Å². The van der Waals surface area contributed by atoms with Crippen LogP contribution in [0.15, 0.2) is 58.1 Å². The van der Waals surface area contributed by atoms with E-state index in [0.717, 1.165) is 32.2 Å². The molecule has 7 heteroatoms. The number of hydrazone groups is 1. The van der Waals surface area contributed by atoms with Gasteiger partial charge in [-0.1, -0.05) is 46.3 Å². The van der Waals surface area contributed by atoms with E-state index in [0.29, 0.717) is 11.6 Å². The van der Waals surface area contributed by atoms with Gasteiger partial charge in [-0.05, 0) is 30.7 Å². The molecule has 2 heterocycles. The monoisotopic (exact) mass is 380 g/mol. The molecular formula is C17H13BrN6. The number of benzene rings is 2. The van der Waals surface area contributed by atoms with Gasteiger partial charge in [-0.25, -0.2) is 5.43 Å². The topological polar surface area (TPSA) is 78.8 Å². The van der Waals surface area contributed by atoms with Crippen LogP contribution in [0.25, 0.3) is 22.1 Å². The van der Waals surface area contributed by atoms with Crippen molar-refractivity contribution in [2.75, 3.05) is 5.43 Å². The molecule has 2 N–H and O–H groups in total. The summed E-state index contributed by atoms with van der Waals surface area (Å²) in [6, 6.07) is 15.8. The molecule has 0 fully saturated rings. The third kappa shape index (κ3) is 2.74. The lowest BCUT2D eigenvalue weighted by atomic mass is 10.1. The molecule has 24 heavy (non-hydrogen) atoms. The molecule has 0 amide bonds. The van der Waals surface area contributed by atoms with E-state index in [1.54, 1.807) is 0 Å².